The zero-order valence-corrected chi connectivity index (χ0v) is 12.5. The van der Waals surface area contributed by atoms with Crippen LogP contribution in [0.2, 0.25) is 0 Å². The molecular weight excluding hydrogens is 271 g/mol. The number of hydrogen-bond acceptors (Lipinski definition) is 3. The van der Waals surface area contributed by atoms with Crippen LogP contribution in [0.15, 0.2) is 29.9 Å². The Bertz CT molecular complexity index is 568. The molecule has 1 aliphatic heterocycles. The first-order valence-electron chi connectivity index (χ1n) is 7.05. The molecule has 2 aromatic rings. The molecule has 1 atom stereocenters. The third-order valence-corrected chi connectivity index (χ3v) is 4.74. The highest BCUT2D eigenvalue weighted by atomic mass is 32.1. The van der Waals surface area contributed by atoms with Crippen LogP contribution in [0.25, 0.3) is 0 Å². The molecule has 1 unspecified atom stereocenters. The predicted molar refractivity (Wildman–Crippen MR) is 80.3 cm³/mol. The van der Waals surface area contributed by atoms with E-state index in [1.165, 1.54) is 16.9 Å². The Labute approximate surface area is 123 Å². The van der Waals surface area contributed by atoms with Crippen molar-refractivity contribution in [2.75, 3.05) is 13.1 Å². The number of hydrogen-bond donors (Lipinski definition) is 0. The van der Waals surface area contributed by atoms with Gasteiger partial charge in [-0.15, -0.1) is 11.3 Å². The summed E-state index contributed by atoms with van der Waals surface area (Å²) in [5, 5.41) is 0. The lowest BCUT2D eigenvalue weighted by Gasteiger charge is -2.15. The van der Waals surface area contributed by atoms with Crippen molar-refractivity contribution in [2.24, 2.45) is 5.92 Å². The lowest BCUT2D eigenvalue weighted by molar-refractivity contribution is 0.319. The second-order valence-corrected chi connectivity index (χ2v) is 6.62. The topological polar surface area (TPSA) is 16.1 Å². The summed E-state index contributed by atoms with van der Waals surface area (Å²) in [6.45, 7) is 5.14. The number of rotatable bonds is 4. The molecule has 1 aromatic carbocycles. The van der Waals surface area contributed by atoms with E-state index < -0.39 is 0 Å². The summed E-state index contributed by atoms with van der Waals surface area (Å²) in [4.78, 5) is 7.96. The van der Waals surface area contributed by atoms with Gasteiger partial charge in [0.1, 0.15) is 5.82 Å². The first-order valence-corrected chi connectivity index (χ1v) is 7.93. The Morgan fingerprint density at radius 3 is 3.10 bits per heavy atom. The van der Waals surface area contributed by atoms with Crippen LogP contribution < -0.4 is 0 Å². The van der Waals surface area contributed by atoms with Crippen molar-refractivity contribution >= 4 is 11.3 Å². The van der Waals surface area contributed by atoms with E-state index in [-0.39, 0.29) is 5.82 Å². The van der Waals surface area contributed by atoms with Crippen LogP contribution >= 0.6 is 11.3 Å². The van der Waals surface area contributed by atoms with Crippen molar-refractivity contribution in [3.05, 3.63) is 51.7 Å². The van der Waals surface area contributed by atoms with Gasteiger partial charge in [-0.05, 0) is 49.4 Å². The summed E-state index contributed by atoms with van der Waals surface area (Å²) >= 11 is 1.72. The molecule has 1 fully saturated rings. The first kappa shape index (κ1) is 13.7. The molecule has 2 heterocycles. The third kappa shape index (κ3) is 3.25. The highest BCUT2D eigenvalue weighted by Crippen LogP contribution is 2.24. The van der Waals surface area contributed by atoms with Gasteiger partial charge in [0.2, 0.25) is 0 Å². The molecule has 2 nitrogen and oxygen atoms in total. The average Bonchev–Trinajstić information content (AvgIpc) is 3.07. The minimum absolute atomic E-state index is 0.105. The third-order valence-electron chi connectivity index (χ3n) is 3.98. The van der Waals surface area contributed by atoms with E-state index in [9.17, 15) is 4.39 Å². The molecule has 1 saturated heterocycles. The van der Waals surface area contributed by atoms with E-state index in [4.69, 9.17) is 0 Å². The molecule has 3 rings (SSSR count). The average molecular weight is 290 g/mol. The van der Waals surface area contributed by atoms with Gasteiger partial charge in [0, 0.05) is 24.2 Å². The molecule has 0 spiro atoms. The molecular formula is C16H19FN2S. The van der Waals surface area contributed by atoms with Crippen molar-refractivity contribution in [3.63, 3.8) is 0 Å². The fraction of sp³-hybridized carbons (Fsp3) is 0.438. The van der Waals surface area contributed by atoms with Crippen LogP contribution in [-0.4, -0.2) is 23.0 Å². The van der Waals surface area contributed by atoms with Gasteiger partial charge in [-0.2, -0.15) is 0 Å². The molecule has 1 aliphatic rings. The smallest absolute Gasteiger partial charge is 0.126 e. The molecule has 0 saturated carbocycles. The van der Waals surface area contributed by atoms with Gasteiger partial charge in [0.25, 0.3) is 0 Å². The van der Waals surface area contributed by atoms with E-state index in [0.29, 0.717) is 5.92 Å². The maximum atomic E-state index is 13.3. The second-order valence-electron chi connectivity index (χ2n) is 5.65. The summed E-state index contributed by atoms with van der Waals surface area (Å²) < 4.78 is 13.3. The molecule has 4 heteroatoms. The van der Waals surface area contributed by atoms with Crippen LogP contribution in [0.3, 0.4) is 0 Å². The van der Waals surface area contributed by atoms with Crippen LogP contribution in [0, 0.1) is 18.7 Å². The Morgan fingerprint density at radius 1 is 1.45 bits per heavy atom. The van der Waals surface area contributed by atoms with Crippen LogP contribution in [0.5, 0.6) is 0 Å². The molecule has 0 amide bonds. The fourth-order valence-electron chi connectivity index (χ4n) is 2.93. The normalized spacial score (nSPS) is 19.6. The van der Waals surface area contributed by atoms with Crippen LogP contribution in [0.4, 0.5) is 4.39 Å². The number of aromatic nitrogens is 1. The van der Waals surface area contributed by atoms with E-state index in [1.807, 2.05) is 30.8 Å². The van der Waals surface area contributed by atoms with E-state index >= 15 is 0 Å². The van der Waals surface area contributed by atoms with Gasteiger partial charge in [-0.3, -0.25) is 9.88 Å². The van der Waals surface area contributed by atoms with Gasteiger partial charge < -0.3 is 0 Å². The SMILES string of the molecule is Cc1cc(CC2CCN(Cc3cncs3)C2)ccc1F. The van der Waals surface area contributed by atoms with Crippen molar-refractivity contribution in [2.45, 2.75) is 26.3 Å². The van der Waals surface area contributed by atoms with Crippen molar-refractivity contribution in [3.8, 4) is 0 Å². The minimum Gasteiger partial charge on any atom is -0.298 e. The summed E-state index contributed by atoms with van der Waals surface area (Å²) in [6.07, 6.45) is 4.25. The molecule has 106 valence electrons. The summed E-state index contributed by atoms with van der Waals surface area (Å²) in [7, 11) is 0. The molecule has 0 bridgehead atoms. The fourth-order valence-corrected chi connectivity index (χ4v) is 3.57. The first-order chi connectivity index (χ1) is 9.70. The van der Waals surface area contributed by atoms with Crippen molar-refractivity contribution in [1.29, 1.82) is 0 Å². The largest absolute Gasteiger partial charge is 0.298 e. The molecule has 1 aromatic heterocycles. The molecule has 0 radical (unpaired) electrons. The highest BCUT2D eigenvalue weighted by Gasteiger charge is 2.23. The lowest BCUT2D eigenvalue weighted by atomic mass is 9.97. The molecule has 0 N–H and O–H groups in total. The number of halogens is 1. The van der Waals surface area contributed by atoms with Gasteiger partial charge in [0.15, 0.2) is 0 Å². The summed E-state index contributed by atoms with van der Waals surface area (Å²) in [5.74, 6) is 0.583. The predicted octanol–water partition coefficient (Wildman–Crippen LogP) is 3.66. The van der Waals surface area contributed by atoms with Crippen molar-refractivity contribution in [1.82, 2.24) is 9.88 Å². The van der Waals surface area contributed by atoms with Crippen LogP contribution in [0.1, 0.15) is 22.4 Å². The van der Waals surface area contributed by atoms with Crippen molar-refractivity contribution < 1.29 is 4.39 Å². The maximum absolute atomic E-state index is 13.3. The number of likely N-dealkylation sites (tertiary alicyclic amines) is 1. The maximum Gasteiger partial charge on any atom is 0.126 e. The number of nitrogens with zero attached hydrogens (tertiary/aromatic N) is 2. The Morgan fingerprint density at radius 2 is 2.35 bits per heavy atom. The Hall–Kier alpha value is -1.26. The zero-order chi connectivity index (χ0) is 13.9. The van der Waals surface area contributed by atoms with Gasteiger partial charge in [0.05, 0.1) is 5.51 Å². The van der Waals surface area contributed by atoms with E-state index in [2.05, 4.69) is 9.88 Å². The Kier molecular flexibility index (Phi) is 4.13. The highest BCUT2D eigenvalue weighted by molar-refractivity contribution is 7.09. The Balaban J connectivity index is 1.56. The lowest BCUT2D eigenvalue weighted by Crippen LogP contribution is -2.20. The van der Waals surface area contributed by atoms with Gasteiger partial charge in [-0.1, -0.05) is 12.1 Å². The standard InChI is InChI=1S/C16H19FN2S/c1-12-6-13(2-3-16(12)17)7-14-4-5-19(9-14)10-15-8-18-11-20-15/h2-3,6,8,11,14H,4-5,7,9-10H2,1H3. The molecule has 0 aliphatic carbocycles. The monoisotopic (exact) mass is 290 g/mol. The van der Waals surface area contributed by atoms with Gasteiger partial charge >= 0.3 is 0 Å². The van der Waals surface area contributed by atoms with E-state index in [1.54, 1.807) is 17.4 Å². The summed E-state index contributed by atoms with van der Waals surface area (Å²) in [5.41, 5.74) is 3.90. The minimum atomic E-state index is -0.105. The van der Waals surface area contributed by atoms with E-state index in [0.717, 1.165) is 31.6 Å². The number of aryl methyl sites for hydroxylation is 1. The summed E-state index contributed by atoms with van der Waals surface area (Å²) in [6, 6.07) is 5.50. The molecule has 20 heavy (non-hydrogen) atoms. The van der Waals surface area contributed by atoms with Gasteiger partial charge in [-0.25, -0.2) is 4.39 Å². The number of benzene rings is 1. The second kappa shape index (κ2) is 6.02. The van der Waals surface area contributed by atoms with Crippen LogP contribution in [-0.2, 0) is 13.0 Å². The zero-order valence-electron chi connectivity index (χ0n) is 11.7. The number of thiazole rings is 1. The quantitative estimate of drug-likeness (QED) is 0.854.